The normalized spacial score (nSPS) is 20.4. The molecule has 0 spiro atoms. The van der Waals surface area contributed by atoms with Crippen LogP contribution in [0.15, 0.2) is 0 Å². The van der Waals surface area contributed by atoms with Crippen LogP contribution in [0.25, 0.3) is 0 Å². The molecule has 0 bridgehead atoms. The molecule has 4 heteroatoms. The molecule has 2 amide bonds. The van der Waals surface area contributed by atoms with Crippen LogP contribution in [0.4, 0.5) is 0 Å². The summed E-state index contributed by atoms with van der Waals surface area (Å²) in [6.07, 6.45) is 5.00. The average molecular weight is 180 g/mol. The second-order valence-electron chi connectivity index (χ2n) is 3.42. The summed E-state index contributed by atoms with van der Waals surface area (Å²) in [5.41, 5.74) is -0.832. The number of terminal acetylenes is 1. The van der Waals surface area contributed by atoms with Crippen LogP contribution in [0.2, 0.25) is 0 Å². The number of rotatable bonds is 0. The van der Waals surface area contributed by atoms with E-state index in [2.05, 4.69) is 5.32 Å². The van der Waals surface area contributed by atoms with Crippen LogP contribution >= 0.6 is 0 Å². The van der Waals surface area contributed by atoms with Crippen LogP contribution in [-0.4, -0.2) is 35.3 Å². The van der Waals surface area contributed by atoms with Crippen molar-refractivity contribution in [1.82, 2.24) is 10.2 Å². The van der Waals surface area contributed by atoms with E-state index in [9.17, 15) is 9.59 Å². The lowest BCUT2D eigenvalue weighted by Crippen LogP contribution is -2.63. The molecule has 0 radical (unpaired) electrons. The first-order valence-corrected chi connectivity index (χ1v) is 4.06. The van der Waals surface area contributed by atoms with Gasteiger partial charge in [-0.1, -0.05) is 0 Å². The van der Waals surface area contributed by atoms with Gasteiger partial charge in [-0.3, -0.25) is 9.59 Å². The molecule has 0 aromatic carbocycles. The summed E-state index contributed by atoms with van der Waals surface area (Å²) in [6.45, 7) is 4.30. The number of nitrogens with one attached hydrogen (secondary N) is 1. The van der Waals surface area contributed by atoms with Crippen molar-refractivity contribution in [2.45, 2.75) is 19.4 Å². The minimum Gasteiger partial charge on any atom is -0.352 e. The molecule has 0 aromatic heterocycles. The number of nitrogens with zero attached hydrogens (tertiary/aromatic N) is 1. The van der Waals surface area contributed by atoms with Gasteiger partial charge in [0.1, 0.15) is 5.54 Å². The first-order chi connectivity index (χ1) is 6.00. The SMILES string of the molecule is C#CC(=O)N1CCNC(=O)C1(C)C. The minimum atomic E-state index is -0.832. The Morgan fingerprint density at radius 3 is 2.85 bits per heavy atom. The highest BCUT2D eigenvalue weighted by Gasteiger charge is 2.39. The molecule has 1 heterocycles. The van der Waals surface area contributed by atoms with Gasteiger partial charge in [-0.2, -0.15) is 0 Å². The summed E-state index contributed by atoms with van der Waals surface area (Å²) in [7, 11) is 0. The molecule has 4 nitrogen and oxygen atoms in total. The average Bonchev–Trinajstić information content (AvgIpc) is 2.08. The molecule has 0 saturated carbocycles. The first-order valence-electron chi connectivity index (χ1n) is 4.06. The highest BCUT2D eigenvalue weighted by atomic mass is 16.2. The van der Waals surface area contributed by atoms with Gasteiger partial charge >= 0.3 is 0 Å². The molecule has 1 saturated heterocycles. The van der Waals surface area contributed by atoms with Crippen molar-refractivity contribution in [3.05, 3.63) is 0 Å². The fourth-order valence-electron chi connectivity index (χ4n) is 1.33. The predicted molar refractivity (Wildman–Crippen MR) is 47.6 cm³/mol. The maximum absolute atomic E-state index is 11.4. The summed E-state index contributed by atoms with van der Waals surface area (Å²) < 4.78 is 0. The third-order valence-corrected chi connectivity index (χ3v) is 2.22. The Balaban J connectivity index is 2.91. The zero-order chi connectivity index (χ0) is 10.1. The topological polar surface area (TPSA) is 49.4 Å². The molecule has 1 rings (SSSR count). The number of carbonyl (C=O) groups excluding carboxylic acids is 2. The summed E-state index contributed by atoms with van der Waals surface area (Å²) >= 11 is 0. The zero-order valence-electron chi connectivity index (χ0n) is 7.76. The molecular weight excluding hydrogens is 168 g/mol. The predicted octanol–water partition coefficient (Wildman–Crippen LogP) is -0.643. The number of piperazine rings is 1. The Hall–Kier alpha value is -1.50. The Labute approximate surface area is 77.3 Å². The molecule has 0 aliphatic carbocycles. The van der Waals surface area contributed by atoms with Crippen molar-refractivity contribution in [2.24, 2.45) is 0 Å². The Kier molecular flexibility index (Phi) is 2.28. The van der Waals surface area contributed by atoms with E-state index in [1.807, 2.05) is 5.92 Å². The number of amides is 2. The molecule has 70 valence electrons. The maximum Gasteiger partial charge on any atom is 0.299 e. The standard InChI is InChI=1S/C9H12N2O2/c1-4-7(12)11-6-5-10-8(13)9(11,2)3/h1H,5-6H2,2-3H3,(H,10,13). The second kappa shape index (κ2) is 3.09. The van der Waals surface area contributed by atoms with Crippen LogP contribution in [-0.2, 0) is 9.59 Å². The van der Waals surface area contributed by atoms with Crippen molar-refractivity contribution in [3.63, 3.8) is 0 Å². The number of carbonyl (C=O) groups is 2. The number of hydrogen-bond donors (Lipinski definition) is 1. The molecule has 0 atom stereocenters. The third-order valence-electron chi connectivity index (χ3n) is 2.22. The summed E-state index contributed by atoms with van der Waals surface area (Å²) in [6, 6.07) is 0. The van der Waals surface area contributed by atoms with Crippen LogP contribution in [0.5, 0.6) is 0 Å². The van der Waals surface area contributed by atoms with Gasteiger partial charge in [-0.05, 0) is 19.8 Å². The van der Waals surface area contributed by atoms with E-state index < -0.39 is 11.4 Å². The monoisotopic (exact) mass is 180 g/mol. The van der Waals surface area contributed by atoms with Gasteiger partial charge in [0.2, 0.25) is 5.91 Å². The summed E-state index contributed by atoms with van der Waals surface area (Å²) in [4.78, 5) is 24.0. The lowest BCUT2D eigenvalue weighted by molar-refractivity contribution is -0.145. The van der Waals surface area contributed by atoms with Gasteiger partial charge in [0.15, 0.2) is 0 Å². The fraction of sp³-hybridized carbons (Fsp3) is 0.556. The van der Waals surface area contributed by atoms with Crippen LogP contribution in [0.1, 0.15) is 13.8 Å². The molecular formula is C9H12N2O2. The second-order valence-corrected chi connectivity index (χ2v) is 3.42. The van der Waals surface area contributed by atoms with Gasteiger partial charge < -0.3 is 10.2 Å². The summed E-state index contributed by atoms with van der Waals surface area (Å²) in [5.74, 6) is 1.42. The Morgan fingerprint density at radius 2 is 2.31 bits per heavy atom. The maximum atomic E-state index is 11.4. The number of hydrogen-bond acceptors (Lipinski definition) is 2. The van der Waals surface area contributed by atoms with Gasteiger partial charge in [0.05, 0.1) is 0 Å². The van der Waals surface area contributed by atoms with E-state index in [4.69, 9.17) is 6.42 Å². The van der Waals surface area contributed by atoms with Crippen molar-refractivity contribution in [1.29, 1.82) is 0 Å². The van der Waals surface area contributed by atoms with E-state index in [1.165, 1.54) is 4.90 Å². The highest BCUT2D eigenvalue weighted by molar-refractivity contribution is 5.98. The molecule has 0 unspecified atom stereocenters. The largest absolute Gasteiger partial charge is 0.352 e. The molecule has 1 aliphatic heterocycles. The van der Waals surface area contributed by atoms with Crippen LogP contribution in [0.3, 0.4) is 0 Å². The molecule has 1 N–H and O–H groups in total. The highest BCUT2D eigenvalue weighted by Crippen LogP contribution is 2.17. The summed E-state index contributed by atoms with van der Waals surface area (Å²) in [5, 5.41) is 2.68. The quantitative estimate of drug-likeness (QED) is 0.504. The van der Waals surface area contributed by atoms with Gasteiger partial charge in [-0.25, -0.2) is 0 Å². The van der Waals surface area contributed by atoms with Gasteiger partial charge in [0.25, 0.3) is 5.91 Å². The Bertz CT molecular complexity index is 288. The molecule has 13 heavy (non-hydrogen) atoms. The zero-order valence-corrected chi connectivity index (χ0v) is 7.76. The molecule has 1 fully saturated rings. The van der Waals surface area contributed by atoms with Crippen LogP contribution < -0.4 is 5.32 Å². The molecule has 1 aliphatic rings. The van der Waals surface area contributed by atoms with E-state index in [-0.39, 0.29) is 5.91 Å². The van der Waals surface area contributed by atoms with E-state index >= 15 is 0 Å². The smallest absolute Gasteiger partial charge is 0.299 e. The third kappa shape index (κ3) is 1.50. The van der Waals surface area contributed by atoms with E-state index in [1.54, 1.807) is 13.8 Å². The minimum absolute atomic E-state index is 0.164. The van der Waals surface area contributed by atoms with Gasteiger partial charge in [-0.15, -0.1) is 6.42 Å². The van der Waals surface area contributed by atoms with Crippen molar-refractivity contribution < 1.29 is 9.59 Å². The van der Waals surface area contributed by atoms with Crippen molar-refractivity contribution in [2.75, 3.05) is 13.1 Å². The van der Waals surface area contributed by atoms with Crippen molar-refractivity contribution >= 4 is 11.8 Å². The lowest BCUT2D eigenvalue weighted by atomic mass is 9.99. The first kappa shape index (κ1) is 9.59. The van der Waals surface area contributed by atoms with Crippen LogP contribution in [0, 0.1) is 12.3 Å². The van der Waals surface area contributed by atoms with E-state index in [0.717, 1.165) is 0 Å². The fourth-order valence-corrected chi connectivity index (χ4v) is 1.33. The van der Waals surface area contributed by atoms with E-state index in [0.29, 0.717) is 13.1 Å². The Morgan fingerprint density at radius 1 is 1.69 bits per heavy atom. The van der Waals surface area contributed by atoms with Gasteiger partial charge in [0, 0.05) is 13.1 Å². The lowest BCUT2D eigenvalue weighted by Gasteiger charge is -2.39. The molecule has 0 aromatic rings. The van der Waals surface area contributed by atoms with Crippen molar-refractivity contribution in [3.8, 4) is 12.3 Å².